The molecule has 1 aromatic heterocycles. The number of hydrogen-bond acceptors (Lipinski definition) is 6. The van der Waals surface area contributed by atoms with Gasteiger partial charge in [-0.25, -0.2) is 9.18 Å². The van der Waals surface area contributed by atoms with Crippen molar-refractivity contribution in [3.05, 3.63) is 40.6 Å². The van der Waals surface area contributed by atoms with Gasteiger partial charge in [-0.1, -0.05) is 0 Å². The molecule has 1 spiro atoms. The molecule has 3 heterocycles. The first-order valence-electron chi connectivity index (χ1n) is 7.98. The molecule has 2 fully saturated rings. The van der Waals surface area contributed by atoms with Crippen molar-refractivity contribution in [3.8, 4) is 11.5 Å². The predicted molar refractivity (Wildman–Crippen MR) is 81.6 cm³/mol. The molecule has 0 saturated carbocycles. The molecule has 0 atom stereocenters. The Bertz CT molecular complexity index is 754. The lowest BCUT2D eigenvalue weighted by molar-refractivity contribution is -0.187. The summed E-state index contributed by atoms with van der Waals surface area (Å²) in [6.45, 7) is 3.14. The maximum absolute atomic E-state index is 13.0. The molecule has 2 saturated heterocycles. The van der Waals surface area contributed by atoms with Crippen molar-refractivity contribution in [1.82, 2.24) is 14.7 Å². The van der Waals surface area contributed by atoms with Crippen LogP contribution < -0.4 is 5.76 Å². The number of benzene rings is 1. The van der Waals surface area contributed by atoms with Crippen LogP contribution in [0.5, 0.6) is 0 Å². The molecule has 0 amide bonds. The van der Waals surface area contributed by atoms with E-state index in [0.717, 1.165) is 25.9 Å². The Morgan fingerprint density at radius 1 is 1.12 bits per heavy atom. The third kappa shape index (κ3) is 3.00. The summed E-state index contributed by atoms with van der Waals surface area (Å²) in [4.78, 5) is 14.1. The molecule has 8 heteroatoms. The van der Waals surface area contributed by atoms with E-state index in [4.69, 9.17) is 13.9 Å². The normalized spacial score (nSPS) is 20.7. The minimum Gasteiger partial charge on any atom is -0.388 e. The van der Waals surface area contributed by atoms with Gasteiger partial charge in [-0.3, -0.25) is 4.90 Å². The smallest absolute Gasteiger partial charge is 0.388 e. The maximum Gasteiger partial charge on any atom is 0.438 e. The first-order chi connectivity index (χ1) is 11.6. The van der Waals surface area contributed by atoms with Crippen molar-refractivity contribution in [1.29, 1.82) is 0 Å². The van der Waals surface area contributed by atoms with Crippen molar-refractivity contribution < 1.29 is 18.3 Å². The summed E-state index contributed by atoms with van der Waals surface area (Å²) in [5.74, 6) is -1.12. The summed E-state index contributed by atoms with van der Waals surface area (Å²) in [5.41, 5.74) is 0.567. The van der Waals surface area contributed by atoms with E-state index in [9.17, 15) is 9.18 Å². The number of likely N-dealkylation sites (tertiary alicyclic amines) is 1. The second-order valence-electron chi connectivity index (χ2n) is 6.05. The summed E-state index contributed by atoms with van der Waals surface area (Å²) in [5, 5.41) is 4.20. The molecule has 0 unspecified atom stereocenters. The summed E-state index contributed by atoms with van der Waals surface area (Å²) >= 11 is 0. The Morgan fingerprint density at radius 2 is 1.79 bits per heavy atom. The summed E-state index contributed by atoms with van der Waals surface area (Å²) in [6.07, 6.45) is 1.54. The fourth-order valence-electron chi connectivity index (χ4n) is 3.12. The van der Waals surface area contributed by atoms with Crippen LogP contribution in [0.1, 0.15) is 12.8 Å². The highest BCUT2D eigenvalue weighted by Gasteiger charge is 2.39. The van der Waals surface area contributed by atoms with E-state index in [0.29, 0.717) is 25.4 Å². The van der Waals surface area contributed by atoms with Gasteiger partial charge in [0.15, 0.2) is 5.79 Å². The number of ether oxygens (including phenoxy) is 2. The van der Waals surface area contributed by atoms with Gasteiger partial charge in [0.2, 0.25) is 5.89 Å². The molecule has 1 aromatic carbocycles. The van der Waals surface area contributed by atoms with Gasteiger partial charge in [0.1, 0.15) is 12.5 Å². The molecular weight excluding hydrogens is 317 g/mol. The van der Waals surface area contributed by atoms with Crippen molar-refractivity contribution in [2.24, 2.45) is 0 Å². The van der Waals surface area contributed by atoms with Gasteiger partial charge in [-0.05, 0) is 24.3 Å². The average molecular weight is 335 g/mol. The molecule has 128 valence electrons. The molecule has 2 aliphatic heterocycles. The molecule has 4 rings (SSSR count). The molecule has 0 aliphatic carbocycles. The highest BCUT2D eigenvalue weighted by Crippen LogP contribution is 2.31. The lowest BCUT2D eigenvalue weighted by atomic mass is 10.0. The van der Waals surface area contributed by atoms with Gasteiger partial charge in [0, 0.05) is 31.5 Å². The summed E-state index contributed by atoms with van der Waals surface area (Å²) in [6, 6.07) is 5.68. The van der Waals surface area contributed by atoms with E-state index in [1.165, 1.54) is 28.9 Å². The van der Waals surface area contributed by atoms with Gasteiger partial charge >= 0.3 is 5.76 Å². The molecule has 0 N–H and O–H groups in total. The first-order valence-corrected chi connectivity index (χ1v) is 7.98. The minimum absolute atomic E-state index is 0.191. The Balaban J connectivity index is 1.44. The molecule has 2 aromatic rings. The average Bonchev–Trinajstić information content (AvgIpc) is 3.18. The number of aromatic nitrogens is 2. The van der Waals surface area contributed by atoms with E-state index in [1.54, 1.807) is 0 Å². The second-order valence-corrected chi connectivity index (χ2v) is 6.05. The predicted octanol–water partition coefficient (Wildman–Crippen LogP) is 1.44. The Morgan fingerprint density at radius 3 is 2.46 bits per heavy atom. The van der Waals surface area contributed by atoms with Crippen molar-refractivity contribution in [2.45, 2.75) is 25.3 Å². The van der Waals surface area contributed by atoms with Crippen molar-refractivity contribution >= 4 is 0 Å². The SMILES string of the molecule is O=c1oc(-c2ccc(F)cc2)nn1CN1CCC2(CC1)OCCO2. The zero-order valence-corrected chi connectivity index (χ0v) is 13.1. The van der Waals surface area contributed by atoms with E-state index in [2.05, 4.69) is 10.00 Å². The van der Waals surface area contributed by atoms with Crippen LogP contribution in [0.4, 0.5) is 4.39 Å². The Hall–Kier alpha value is -2.03. The monoisotopic (exact) mass is 335 g/mol. The van der Waals surface area contributed by atoms with Crippen LogP contribution in [0, 0.1) is 5.82 Å². The minimum atomic E-state index is -0.525. The lowest BCUT2D eigenvalue weighted by Gasteiger charge is -2.37. The molecular formula is C16H18FN3O4. The number of halogens is 1. The summed E-state index contributed by atoms with van der Waals surface area (Å²) in [7, 11) is 0. The Labute approximate surface area is 137 Å². The van der Waals surface area contributed by atoms with Crippen LogP contribution in [0.25, 0.3) is 11.5 Å². The quantitative estimate of drug-likeness (QED) is 0.845. The molecule has 0 radical (unpaired) electrons. The van der Waals surface area contributed by atoms with Crippen LogP contribution in [0.2, 0.25) is 0 Å². The largest absolute Gasteiger partial charge is 0.438 e. The first kappa shape index (κ1) is 15.5. The van der Waals surface area contributed by atoms with Gasteiger partial charge in [0.25, 0.3) is 0 Å². The zero-order chi connectivity index (χ0) is 16.6. The van der Waals surface area contributed by atoms with E-state index in [1.807, 2.05) is 0 Å². The van der Waals surface area contributed by atoms with Gasteiger partial charge in [-0.15, -0.1) is 5.10 Å². The topological polar surface area (TPSA) is 69.7 Å². The van der Waals surface area contributed by atoms with Gasteiger partial charge < -0.3 is 13.9 Å². The van der Waals surface area contributed by atoms with E-state index >= 15 is 0 Å². The zero-order valence-electron chi connectivity index (χ0n) is 13.1. The number of hydrogen-bond donors (Lipinski definition) is 0. The molecule has 2 aliphatic rings. The van der Waals surface area contributed by atoms with Crippen LogP contribution in [-0.2, 0) is 16.1 Å². The second kappa shape index (κ2) is 6.12. The Kier molecular flexibility index (Phi) is 3.95. The maximum atomic E-state index is 13.0. The standard InChI is InChI=1S/C16H18FN3O4/c17-13-3-1-12(2-4-13)14-18-20(15(21)24-14)11-19-7-5-16(6-8-19)22-9-10-23-16/h1-4H,5-11H2. The van der Waals surface area contributed by atoms with Crippen molar-refractivity contribution in [2.75, 3.05) is 26.3 Å². The highest BCUT2D eigenvalue weighted by atomic mass is 19.1. The van der Waals surface area contributed by atoms with E-state index in [-0.39, 0.29) is 11.7 Å². The number of rotatable bonds is 3. The van der Waals surface area contributed by atoms with Gasteiger partial charge in [-0.2, -0.15) is 4.68 Å². The van der Waals surface area contributed by atoms with Crippen LogP contribution in [-0.4, -0.2) is 46.8 Å². The van der Waals surface area contributed by atoms with Crippen LogP contribution >= 0.6 is 0 Å². The highest BCUT2D eigenvalue weighted by molar-refractivity contribution is 5.51. The fourth-order valence-corrected chi connectivity index (χ4v) is 3.12. The van der Waals surface area contributed by atoms with Crippen LogP contribution in [0.3, 0.4) is 0 Å². The van der Waals surface area contributed by atoms with Crippen LogP contribution in [0.15, 0.2) is 33.5 Å². The van der Waals surface area contributed by atoms with E-state index < -0.39 is 11.5 Å². The molecule has 24 heavy (non-hydrogen) atoms. The summed E-state index contributed by atoms with van der Waals surface area (Å²) < 4.78 is 30.8. The third-order valence-corrected chi connectivity index (χ3v) is 4.46. The lowest BCUT2D eigenvalue weighted by Crippen LogP contribution is -2.46. The molecule has 7 nitrogen and oxygen atoms in total. The fraction of sp³-hybridized carbons (Fsp3) is 0.500. The number of piperidine rings is 1. The van der Waals surface area contributed by atoms with Crippen molar-refractivity contribution in [3.63, 3.8) is 0 Å². The number of nitrogens with zero attached hydrogens (tertiary/aromatic N) is 3. The third-order valence-electron chi connectivity index (χ3n) is 4.46. The van der Waals surface area contributed by atoms with Gasteiger partial charge in [0.05, 0.1) is 13.2 Å². The molecule has 0 bridgehead atoms.